The van der Waals surface area contributed by atoms with Crippen molar-refractivity contribution < 1.29 is 5.11 Å². The maximum Gasteiger partial charge on any atom is 0.123 e. The van der Waals surface area contributed by atoms with Gasteiger partial charge in [0.25, 0.3) is 0 Å². The molecule has 2 aromatic carbocycles. The van der Waals surface area contributed by atoms with E-state index in [1.54, 1.807) is 11.8 Å². The molecule has 1 fully saturated rings. The van der Waals surface area contributed by atoms with Crippen LogP contribution in [0.25, 0.3) is 11.0 Å². The van der Waals surface area contributed by atoms with E-state index in [1.807, 2.05) is 30.3 Å². The fourth-order valence-electron chi connectivity index (χ4n) is 2.90. The Hall–Kier alpha value is -1.78. The molecule has 4 heteroatoms. The highest BCUT2D eigenvalue weighted by atomic mass is 32.2. The van der Waals surface area contributed by atoms with Crippen LogP contribution in [-0.4, -0.2) is 21.2 Å². The van der Waals surface area contributed by atoms with Crippen molar-refractivity contribution in [3.05, 3.63) is 66.0 Å². The van der Waals surface area contributed by atoms with E-state index < -0.39 is 0 Å². The number of hydrogen-bond acceptors (Lipinski definition) is 3. The number of aliphatic hydroxyl groups excluding tert-OH is 1. The number of H-pyrrole nitrogens is 1. The van der Waals surface area contributed by atoms with Gasteiger partial charge in [0.15, 0.2) is 0 Å². The minimum absolute atomic E-state index is 0.0163. The topological polar surface area (TPSA) is 48.9 Å². The number of thioether (sulfide) groups is 1. The first kappa shape index (κ1) is 12.9. The molecular formula is C17H16N2OS. The molecule has 3 atom stereocenters. The van der Waals surface area contributed by atoms with E-state index in [0.717, 1.165) is 23.3 Å². The summed E-state index contributed by atoms with van der Waals surface area (Å²) >= 11 is 1.80. The van der Waals surface area contributed by atoms with Gasteiger partial charge in [-0.15, -0.1) is 11.8 Å². The summed E-state index contributed by atoms with van der Waals surface area (Å²) < 4.78 is 0. The number of aromatic nitrogens is 2. The summed E-state index contributed by atoms with van der Waals surface area (Å²) in [7, 11) is 0. The van der Waals surface area contributed by atoms with Gasteiger partial charge >= 0.3 is 0 Å². The number of rotatable bonds is 2. The predicted octanol–water partition coefficient (Wildman–Crippen LogP) is 3.84. The molecule has 2 N–H and O–H groups in total. The number of para-hydroxylation sites is 2. The Balaban J connectivity index is 1.63. The van der Waals surface area contributed by atoms with Crippen molar-refractivity contribution in [1.82, 2.24) is 9.97 Å². The second kappa shape index (κ2) is 5.20. The van der Waals surface area contributed by atoms with Crippen LogP contribution in [0.15, 0.2) is 54.6 Å². The molecule has 1 aliphatic heterocycles. The molecule has 21 heavy (non-hydrogen) atoms. The quantitative estimate of drug-likeness (QED) is 0.755. The first-order valence-corrected chi connectivity index (χ1v) is 8.08. The fourth-order valence-corrected chi connectivity index (χ4v) is 4.41. The second-order valence-electron chi connectivity index (χ2n) is 5.40. The van der Waals surface area contributed by atoms with Gasteiger partial charge in [-0.3, -0.25) is 0 Å². The van der Waals surface area contributed by atoms with Crippen LogP contribution in [0.4, 0.5) is 0 Å². The number of aromatic amines is 1. The number of fused-ring (bicyclic) bond motifs is 1. The lowest BCUT2D eigenvalue weighted by Gasteiger charge is -2.10. The number of aliphatic hydroxyl groups is 1. The molecule has 1 saturated heterocycles. The molecule has 0 spiro atoms. The van der Waals surface area contributed by atoms with Crippen LogP contribution in [0.5, 0.6) is 0 Å². The standard InChI is InChI=1S/C17H16N2OS/c20-14-10-15(11-6-2-1-3-7-11)21-16(14)17-18-12-8-4-5-9-13(12)19-17/h1-9,14-16,20H,10H2,(H,18,19)/t14-,15-,16-/m0/s1. The van der Waals surface area contributed by atoms with Crippen LogP contribution in [0.3, 0.4) is 0 Å². The number of imidazole rings is 1. The van der Waals surface area contributed by atoms with Gasteiger partial charge in [0.05, 0.1) is 22.4 Å². The lowest BCUT2D eigenvalue weighted by Crippen LogP contribution is -2.10. The van der Waals surface area contributed by atoms with Crippen molar-refractivity contribution >= 4 is 22.8 Å². The maximum absolute atomic E-state index is 10.4. The van der Waals surface area contributed by atoms with Crippen LogP contribution in [-0.2, 0) is 0 Å². The van der Waals surface area contributed by atoms with Crippen molar-refractivity contribution in [3.63, 3.8) is 0 Å². The van der Waals surface area contributed by atoms with E-state index >= 15 is 0 Å². The summed E-state index contributed by atoms with van der Waals surface area (Å²) in [6, 6.07) is 18.4. The first-order chi connectivity index (χ1) is 10.3. The van der Waals surface area contributed by atoms with Crippen molar-refractivity contribution in [3.8, 4) is 0 Å². The molecule has 1 aromatic heterocycles. The molecule has 106 valence electrons. The van der Waals surface area contributed by atoms with Gasteiger partial charge in [0, 0.05) is 5.25 Å². The third kappa shape index (κ3) is 2.34. The third-order valence-corrected chi connectivity index (χ3v) is 5.59. The minimum atomic E-state index is -0.360. The summed E-state index contributed by atoms with van der Waals surface area (Å²) in [5.41, 5.74) is 3.27. The molecule has 1 aliphatic rings. The Morgan fingerprint density at radius 1 is 1.05 bits per heavy atom. The highest BCUT2D eigenvalue weighted by Gasteiger charge is 2.37. The lowest BCUT2D eigenvalue weighted by atomic mass is 10.1. The molecule has 2 heterocycles. The Bertz CT molecular complexity index is 723. The van der Waals surface area contributed by atoms with Gasteiger partial charge in [-0.05, 0) is 24.1 Å². The zero-order valence-corrected chi connectivity index (χ0v) is 12.3. The van der Waals surface area contributed by atoms with Crippen molar-refractivity contribution in [1.29, 1.82) is 0 Å². The van der Waals surface area contributed by atoms with Gasteiger partial charge in [-0.1, -0.05) is 42.5 Å². The van der Waals surface area contributed by atoms with Crippen LogP contribution in [0.1, 0.15) is 28.3 Å². The van der Waals surface area contributed by atoms with E-state index in [2.05, 4.69) is 34.2 Å². The fraction of sp³-hybridized carbons (Fsp3) is 0.235. The molecule has 0 saturated carbocycles. The van der Waals surface area contributed by atoms with E-state index in [1.165, 1.54) is 5.56 Å². The average Bonchev–Trinajstić information content (AvgIpc) is 3.11. The lowest BCUT2D eigenvalue weighted by molar-refractivity contribution is 0.168. The van der Waals surface area contributed by atoms with E-state index in [4.69, 9.17) is 0 Å². The maximum atomic E-state index is 10.4. The van der Waals surface area contributed by atoms with Crippen LogP contribution in [0.2, 0.25) is 0 Å². The molecule has 0 radical (unpaired) electrons. The summed E-state index contributed by atoms with van der Waals surface area (Å²) in [6.45, 7) is 0. The normalized spacial score (nSPS) is 25.5. The van der Waals surface area contributed by atoms with Crippen LogP contribution >= 0.6 is 11.8 Å². The molecular weight excluding hydrogens is 280 g/mol. The van der Waals surface area contributed by atoms with E-state index in [-0.39, 0.29) is 11.4 Å². The van der Waals surface area contributed by atoms with Crippen molar-refractivity contribution in [2.45, 2.75) is 23.0 Å². The number of nitrogens with zero attached hydrogens (tertiary/aromatic N) is 1. The number of nitrogens with one attached hydrogen (secondary N) is 1. The molecule has 0 amide bonds. The average molecular weight is 296 g/mol. The van der Waals surface area contributed by atoms with Gasteiger partial charge in [-0.25, -0.2) is 4.98 Å². The summed E-state index contributed by atoms with van der Waals surface area (Å²) in [5.74, 6) is 0.882. The Morgan fingerprint density at radius 2 is 1.81 bits per heavy atom. The number of hydrogen-bond donors (Lipinski definition) is 2. The Labute approximate surface area is 127 Å². The van der Waals surface area contributed by atoms with Crippen LogP contribution < -0.4 is 0 Å². The third-order valence-electron chi connectivity index (χ3n) is 3.96. The summed E-state index contributed by atoms with van der Waals surface area (Å²) in [5, 5.41) is 10.8. The number of benzene rings is 2. The summed E-state index contributed by atoms with van der Waals surface area (Å²) in [6.07, 6.45) is 0.414. The highest BCUT2D eigenvalue weighted by Crippen LogP contribution is 2.52. The minimum Gasteiger partial charge on any atom is -0.391 e. The van der Waals surface area contributed by atoms with Crippen molar-refractivity contribution in [2.24, 2.45) is 0 Å². The first-order valence-electron chi connectivity index (χ1n) is 7.14. The Kier molecular flexibility index (Phi) is 3.20. The monoisotopic (exact) mass is 296 g/mol. The molecule has 4 rings (SSSR count). The van der Waals surface area contributed by atoms with E-state index in [0.29, 0.717) is 5.25 Å². The predicted molar refractivity (Wildman–Crippen MR) is 86.2 cm³/mol. The molecule has 3 nitrogen and oxygen atoms in total. The van der Waals surface area contributed by atoms with Gasteiger partial charge < -0.3 is 10.1 Å². The zero-order chi connectivity index (χ0) is 14.2. The van der Waals surface area contributed by atoms with Crippen LogP contribution in [0, 0.1) is 0 Å². The summed E-state index contributed by atoms with van der Waals surface area (Å²) in [4.78, 5) is 7.98. The van der Waals surface area contributed by atoms with Crippen molar-refractivity contribution in [2.75, 3.05) is 0 Å². The van der Waals surface area contributed by atoms with Gasteiger partial charge in [0.1, 0.15) is 5.82 Å². The Morgan fingerprint density at radius 3 is 2.62 bits per heavy atom. The molecule has 0 unspecified atom stereocenters. The molecule has 0 bridgehead atoms. The van der Waals surface area contributed by atoms with Gasteiger partial charge in [0.2, 0.25) is 0 Å². The largest absolute Gasteiger partial charge is 0.391 e. The van der Waals surface area contributed by atoms with E-state index in [9.17, 15) is 5.11 Å². The smallest absolute Gasteiger partial charge is 0.123 e. The SMILES string of the molecule is O[C@H]1C[C@@H](c2ccccc2)S[C@@H]1c1nc2ccccc2[nH]1. The molecule has 3 aromatic rings. The second-order valence-corrected chi connectivity index (χ2v) is 6.75. The zero-order valence-electron chi connectivity index (χ0n) is 11.4. The van der Waals surface area contributed by atoms with Gasteiger partial charge in [-0.2, -0.15) is 0 Å². The highest BCUT2D eigenvalue weighted by molar-refractivity contribution is 8.00. The molecule has 0 aliphatic carbocycles.